The molecular weight excluding hydrogens is 216 g/mol. The summed E-state index contributed by atoms with van der Waals surface area (Å²) in [7, 11) is 0. The van der Waals surface area contributed by atoms with E-state index in [1.807, 2.05) is 13.8 Å². The average molecular weight is 236 g/mol. The second-order valence-electron chi connectivity index (χ2n) is 5.20. The van der Waals surface area contributed by atoms with Crippen LogP contribution in [-0.2, 0) is 0 Å². The standard InChI is InChI=1S/C12H20N4O/c1-12(2,17)9-4-7-16(8-5-9)11-14-6-3-10(13)15-11/h3,6,9,17H,4-5,7-8H2,1-2H3,(H2,13,14,15). The molecule has 5 nitrogen and oxygen atoms in total. The van der Waals surface area contributed by atoms with Gasteiger partial charge in [-0.05, 0) is 38.7 Å². The van der Waals surface area contributed by atoms with E-state index < -0.39 is 5.60 Å². The number of nitrogens with zero attached hydrogens (tertiary/aromatic N) is 3. The van der Waals surface area contributed by atoms with Gasteiger partial charge in [-0.25, -0.2) is 4.98 Å². The highest BCUT2D eigenvalue weighted by Crippen LogP contribution is 2.29. The van der Waals surface area contributed by atoms with E-state index in [9.17, 15) is 5.11 Å². The lowest BCUT2D eigenvalue weighted by Gasteiger charge is -2.37. The SMILES string of the molecule is CC(C)(O)C1CCN(c2nccc(N)n2)CC1. The van der Waals surface area contributed by atoms with Gasteiger partial charge in [0.15, 0.2) is 0 Å². The van der Waals surface area contributed by atoms with Crippen LogP contribution in [0.5, 0.6) is 0 Å². The van der Waals surface area contributed by atoms with E-state index in [4.69, 9.17) is 5.73 Å². The van der Waals surface area contributed by atoms with Gasteiger partial charge in [-0.3, -0.25) is 0 Å². The van der Waals surface area contributed by atoms with Crippen molar-refractivity contribution in [3.05, 3.63) is 12.3 Å². The zero-order valence-electron chi connectivity index (χ0n) is 10.4. The lowest BCUT2D eigenvalue weighted by molar-refractivity contribution is 0.00640. The molecule has 1 aromatic heterocycles. The van der Waals surface area contributed by atoms with Crippen molar-refractivity contribution in [1.82, 2.24) is 9.97 Å². The van der Waals surface area contributed by atoms with Gasteiger partial charge in [0, 0.05) is 19.3 Å². The average Bonchev–Trinajstić information content (AvgIpc) is 2.28. The lowest BCUT2D eigenvalue weighted by Crippen LogP contribution is -2.42. The number of aliphatic hydroxyl groups is 1. The second-order valence-corrected chi connectivity index (χ2v) is 5.20. The van der Waals surface area contributed by atoms with Gasteiger partial charge in [-0.1, -0.05) is 0 Å². The molecule has 0 atom stereocenters. The first-order valence-electron chi connectivity index (χ1n) is 6.02. The maximum atomic E-state index is 9.97. The molecule has 1 saturated heterocycles. The summed E-state index contributed by atoms with van der Waals surface area (Å²) >= 11 is 0. The summed E-state index contributed by atoms with van der Waals surface area (Å²) < 4.78 is 0. The summed E-state index contributed by atoms with van der Waals surface area (Å²) in [5, 5.41) is 9.97. The van der Waals surface area contributed by atoms with E-state index in [1.165, 1.54) is 0 Å². The molecule has 0 radical (unpaired) electrons. The number of nitrogens with two attached hydrogens (primary N) is 1. The van der Waals surface area contributed by atoms with Gasteiger partial charge >= 0.3 is 0 Å². The Labute approximate surface area is 102 Å². The highest BCUT2D eigenvalue weighted by atomic mass is 16.3. The molecule has 0 bridgehead atoms. The summed E-state index contributed by atoms with van der Waals surface area (Å²) in [6.07, 6.45) is 3.60. The molecule has 1 aliphatic heterocycles. The van der Waals surface area contributed by atoms with Crippen LogP contribution in [0.1, 0.15) is 26.7 Å². The van der Waals surface area contributed by atoms with Crippen LogP contribution in [0.15, 0.2) is 12.3 Å². The summed E-state index contributed by atoms with van der Waals surface area (Å²) in [4.78, 5) is 10.6. The minimum atomic E-state index is -0.595. The number of piperidine rings is 1. The molecule has 2 rings (SSSR count). The fourth-order valence-electron chi connectivity index (χ4n) is 2.30. The minimum absolute atomic E-state index is 0.347. The van der Waals surface area contributed by atoms with Crippen molar-refractivity contribution in [3.8, 4) is 0 Å². The number of aromatic nitrogens is 2. The number of anilines is 2. The highest BCUT2D eigenvalue weighted by molar-refractivity contribution is 5.37. The van der Waals surface area contributed by atoms with Crippen molar-refractivity contribution in [2.45, 2.75) is 32.3 Å². The van der Waals surface area contributed by atoms with E-state index in [0.717, 1.165) is 25.9 Å². The smallest absolute Gasteiger partial charge is 0.227 e. The molecule has 0 saturated carbocycles. The predicted molar refractivity (Wildman–Crippen MR) is 67.7 cm³/mol. The van der Waals surface area contributed by atoms with Crippen LogP contribution >= 0.6 is 0 Å². The van der Waals surface area contributed by atoms with Crippen molar-refractivity contribution in [1.29, 1.82) is 0 Å². The predicted octanol–water partition coefficient (Wildman–Crippen LogP) is 1.05. The Morgan fingerprint density at radius 3 is 2.59 bits per heavy atom. The van der Waals surface area contributed by atoms with Crippen LogP contribution in [0.4, 0.5) is 11.8 Å². The molecule has 2 heterocycles. The summed E-state index contributed by atoms with van der Waals surface area (Å²) in [5.74, 6) is 1.54. The molecule has 1 aromatic rings. The Balaban J connectivity index is 2.00. The van der Waals surface area contributed by atoms with Gasteiger partial charge in [-0.2, -0.15) is 4.98 Å². The third-order valence-electron chi connectivity index (χ3n) is 3.44. The minimum Gasteiger partial charge on any atom is -0.390 e. The summed E-state index contributed by atoms with van der Waals surface area (Å²) in [6.45, 7) is 5.50. The van der Waals surface area contributed by atoms with Crippen molar-refractivity contribution in [3.63, 3.8) is 0 Å². The maximum Gasteiger partial charge on any atom is 0.227 e. The fourth-order valence-corrected chi connectivity index (χ4v) is 2.30. The zero-order chi connectivity index (χ0) is 12.5. The van der Waals surface area contributed by atoms with E-state index in [2.05, 4.69) is 14.9 Å². The van der Waals surface area contributed by atoms with Crippen molar-refractivity contribution >= 4 is 11.8 Å². The second kappa shape index (κ2) is 4.49. The molecule has 17 heavy (non-hydrogen) atoms. The monoisotopic (exact) mass is 236 g/mol. The number of hydrogen-bond donors (Lipinski definition) is 2. The number of nitrogen functional groups attached to an aromatic ring is 1. The topological polar surface area (TPSA) is 75.3 Å². The van der Waals surface area contributed by atoms with Crippen LogP contribution in [0.25, 0.3) is 0 Å². The van der Waals surface area contributed by atoms with Crippen molar-refractivity contribution in [2.75, 3.05) is 23.7 Å². The van der Waals surface area contributed by atoms with Gasteiger partial charge in [0.25, 0.3) is 0 Å². The Hall–Kier alpha value is -1.36. The lowest BCUT2D eigenvalue weighted by atomic mass is 9.83. The van der Waals surface area contributed by atoms with Gasteiger partial charge in [0.1, 0.15) is 5.82 Å². The van der Waals surface area contributed by atoms with Crippen LogP contribution < -0.4 is 10.6 Å². The van der Waals surface area contributed by atoms with Crippen LogP contribution in [0.3, 0.4) is 0 Å². The molecular formula is C12H20N4O. The first-order chi connectivity index (χ1) is 7.97. The fraction of sp³-hybridized carbons (Fsp3) is 0.667. The van der Waals surface area contributed by atoms with E-state index in [0.29, 0.717) is 17.7 Å². The quantitative estimate of drug-likeness (QED) is 0.802. The molecule has 0 spiro atoms. The largest absolute Gasteiger partial charge is 0.390 e. The first-order valence-corrected chi connectivity index (χ1v) is 6.02. The molecule has 0 amide bonds. The Bertz CT molecular complexity index is 380. The Morgan fingerprint density at radius 2 is 2.06 bits per heavy atom. The third-order valence-corrected chi connectivity index (χ3v) is 3.44. The molecule has 5 heteroatoms. The Kier molecular flexibility index (Phi) is 3.19. The van der Waals surface area contributed by atoms with E-state index in [1.54, 1.807) is 12.3 Å². The number of rotatable bonds is 2. The zero-order valence-corrected chi connectivity index (χ0v) is 10.4. The Morgan fingerprint density at radius 1 is 1.41 bits per heavy atom. The maximum absolute atomic E-state index is 9.97. The molecule has 0 unspecified atom stereocenters. The van der Waals surface area contributed by atoms with Gasteiger partial charge in [0.05, 0.1) is 5.60 Å². The van der Waals surface area contributed by atoms with E-state index >= 15 is 0 Å². The summed E-state index contributed by atoms with van der Waals surface area (Å²) in [6, 6.07) is 1.69. The van der Waals surface area contributed by atoms with Crippen molar-refractivity contribution < 1.29 is 5.11 Å². The number of hydrogen-bond acceptors (Lipinski definition) is 5. The summed E-state index contributed by atoms with van der Waals surface area (Å²) in [5.41, 5.74) is 5.05. The van der Waals surface area contributed by atoms with Crippen LogP contribution in [0.2, 0.25) is 0 Å². The van der Waals surface area contributed by atoms with Crippen LogP contribution in [0, 0.1) is 5.92 Å². The molecule has 1 fully saturated rings. The molecule has 94 valence electrons. The highest BCUT2D eigenvalue weighted by Gasteiger charge is 2.31. The van der Waals surface area contributed by atoms with Gasteiger partial charge < -0.3 is 15.7 Å². The van der Waals surface area contributed by atoms with Crippen molar-refractivity contribution in [2.24, 2.45) is 5.92 Å². The van der Waals surface area contributed by atoms with Gasteiger partial charge in [-0.15, -0.1) is 0 Å². The normalized spacial score (nSPS) is 18.4. The first kappa shape index (κ1) is 12.1. The van der Waals surface area contributed by atoms with Gasteiger partial charge in [0.2, 0.25) is 5.95 Å². The van der Waals surface area contributed by atoms with Crippen LogP contribution in [-0.4, -0.2) is 33.8 Å². The molecule has 3 N–H and O–H groups in total. The molecule has 0 aliphatic carbocycles. The molecule has 1 aliphatic rings. The molecule has 0 aromatic carbocycles. The van der Waals surface area contributed by atoms with E-state index in [-0.39, 0.29) is 0 Å². The third kappa shape index (κ3) is 2.85.